The van der Waals surface area contributed by atoms with Crippen LogP contribution >= 0.6 is 11.5 Å². The molecule has 1 aromatic rings. The van der Waals surface area contributed by atoms with Crippen LogP contribution in [-0.4, -0.2) is 59.3 Å². The first-order valence-corrected chi connectivity index (χ1v) is 7.68. The van der Waals surface area contributed by atoms with E-state index in [1.807, 2.05) is 13.8 Å². The van der Waals surface area contributed by atoms with E-state index in [2.05, 4.69) is 25.1 Å². The fraction of sp³-hybridized carbons (Fsp3) is 0.750. The molecular weight excluding hydrogens is 278 g/mol. The van der Waals surface area contributed by atoms with Crippen LogP contribution in [0.2, 0.25) is 0 Å². The van der Waals surface area contributed by atoms with E-state index in [0.29, 0.717) is 26.3 Å². The van der Waals surface area contributed by atoms with Gasteiger partial charge in [-0.05, 0) is 13.8 Å². The van der Waals surface area contributed by atoms with Gasteiger partial charge in [-0.1, -0.05) is 4.49 Å². The number of hydrogen-bond donors (Lipinski definition) is 2. The van der Waals surface area contributed by atoms with Gasteiger partial charge in [-0.3, -0.25) is 9.69 Å². The number of anilines is 1. The lowest BCUT2D eigenvalue weighted by Gasteiger charge is -2.33. The summed E-state index contributed by atoms with van der Waals surface area (Å²) in [4.78, 5) is 14.2. The summed E-state index contributed by atoms with van der Waals surface area (Å²) in [5, 5.41) is 11.2. The molecule has 0 radical (unpaired) electrons. The van der Waals surface area contributed by atoms with Crippen LogP contribution in [0.5, 0.6) is 0 Å². The molecule has 0 saturated carbocycles. The van der Waals surface area contributed by atoms with E-state index in [4.69, 9.17) is 4.74 Å². The number of nitrogens with zero attached hydrogens (tertiary/aromatic N) is 3. The highest BCUT2D eigenvalue weighted by molar-refractivity contribution is 7.10. The summed E-state index contributed by atoms with van der Waals surface area (Å²) < 4.78 is 9.41. The van der Waals surface area contributed by atoms with Crippen LogP contribution in [0.1, 0.15) is 19.5 Å². The maximum atomic E-state index is 12.1. The van der Waals surface area contributed by atoms with Gasteiger partial charge in [-0.25, -0.2) is 0 Å². The van der Waals surface area contributed by atoms with Crippen molar-refractivity contribution in [2.45, 2.75) is 26.4 Å². The van der Waals surface area contributed by atoms with Crippen LogP contribution < -0.4 is 10.6 Å². The van der Waals surface area contributed by atoms with Crippen molar-refractivity contribution in [3.05, 3.63) is 5.69 Å². The minimum absolute atomic E-state index is 0.0142. The fourth-order valence-corrected chi connectivity index (χ4v) is 2.80. The molecule has 1 aliphatic heterocycles. The molecule has 0 bridgehead atoms. The molecular formula is C12H21N5O2S. The maximum Gasteiger partial charge on any atom is 0.239 e. The van der Waals surface area contributed by atoms with E-state index in [1.165, 1.54) is 11.5 Å². The van der Waals surface area contributed by atoms with E-state index in [9.17, 15) is 4.79 Å². The quantitative estimate of drug-likeness (QED) is 0.787. The zero-order valence-corrected chi connectivity index (χ0v) is 12.7. The second kappa shape index (κ2) is 7.51. The van der Waals surface area contributed by atoms with E-state index in [1.54, 1.807) is 0 Å². The van der Waals surface area contributed by atoms with Crippen molar-refractivity contribution >= 4 is 22.4 Å². The number of morpholine rings is 1. The Morgan fingerprint density at radius 1 is 1.50 bits per heavy atom. The average Bonchev–Trinajstić information content (AvgIpc) is 2.87. The molecule has 2 N–H and O–H groups in total. The number of hydrogen-bond acceptors (Lipinski definition) is 7. The van der Waals surface area contributed by atoms with Crippen molar-refractivity contribution in [2.24, 2.45) is 0 Å². The number of carbonyl (C=O) groups is 1. The van der Waals surface area contributed by atoms with E-state index in [0.717, 1.165) is 23.8 Å². The third-order valence-electron chi connectivity index (χ3n) is 3.14. The molecule has 20 heavy (non-hydrogen) atoms. The molecule has 1 aromatic heterocycles. The Morgan fingerprint density at radius 3 is 3.10 bits per heavy atom. The lowest BCUT2D eigenvalue weighted by Crippen LogP contribution is -2.53. The third kappa shape index (κ3) is 3.65. The van der Waals surface area contributed by atoms with Gasteiger partial charge in [0.05, 0.1) is 13.2 Å². The van der Waals surface area contributed by atoms with E-state index >= 15 is 0 Å². The van der Waals surface area contributed by atoms with Crippen molar-refractivity contribution in [1.29, 1.82) is 0 Å². The number of aromatic nitrogens is 2. The number of carbonyl (C=O) groups excluding carboxylic acids is 1. The van der Waals surface area contributed by atoms with Crippen molar-refractivity contribution < 1.29 is 9.53 Å². The standard InChI is InChI=1S/C12H21N5O2S/c1-3-13-11(18)10-8-19-6-5-17(10)7-9-12(14-4-2)20-16-15-9/h10,14H,3-8H2,1-2H3,(H,13,18). The van der Waals surface area contributed by atoms with Gasteiger partial charge in [-0.15, -0.1) is 5.10 Å². The van der Waals surface area contributed by atoms with Gasteiger partial charge in [0.1, 0.15) is 16.7 Å². The molecule has 8 heteroatoms. The Morgan fingerprint density at radius 2 is 2.35 bits per heavy atom. The molecule has 0 spiro atoms. The molecule has 1 atom stereocenters. The van der Waals surface area contributed by atoms with Crippen LogP contribution in [0.15, 0.2) is 0 Å². The number of nitrogens with one attached hydrogen (secondary N) is 2. The zero-order valence-electron chi connectivity index (χ0n) is 11.9. The first-order valence-electron chi connectivity index (χ1n) is 6.90. The van der Waals surface area contributed by atoms with E-state index < -0.39 is 0 Å². The molecule has 1 aliphatic rings. The zero-order chi connectivity index (χ0) is 14.4. The van der Waals surface area contributed by atoms with Crippen LogP contribution in [-0.2, 0) is 16.1 Å². The van der Waals surface area contributed by atoms with Gasteiger partial charge in [-0.2, -0.15) is 0 Å². The summed E-state index contributed by atoms with van der Waals surface area (Å²) in [6.45, 7) is 7.83. The molecule has 0 aromatic carbocycles. The molecule has 1 fully saturated rings. The molecule has 7 nitrogen and oxygen atoms in total. The number of amides is 1. The van der Waals surface area contributed by atoms with Crippen LogP contribution in [0.3, 0.4) is 0 Å². The highest BCUT2D eigenvalue weighted by Crippen LogP contribution is 2.21. The summed E-state index contributed by atoms with van der Waals surface area (Å²) >= 11 is 1.35. The molecule has 112 valence electrons. The van der Waals surface area contributed by atoms with Crippen LogP contribution in [0, 0.1) is 0 Å². The van der Waals surface area contributed by atoms with Gasteiger partial charge in [0.2, 0.25) is 5.91 Å². The molecule has 1 saturated heterocycles. The molecule has 2 heterocycles. The first kappa shape index (κ1) is 15.1. The Labute approximate surface area is 122 Å². The van der Waals surface area contributed by atoms with Crippen molar-refractivity contribution in [1.82, 2.24) is 19.8 Å². The smallest absolute Gasteiger partial charge is 0.239 e. The Hall–Kier alpha value is -1.25. The summed E-state index contributed by atoms with van der Waals surface area (Å²) in [5.41, 5.74) is 0.896. The minimum atomic E-state index is -0.250. The van der Waals surface area contributed by atoms with Gasteiger partial charge >= 0.3 is 0 Å². The Kier molecular flexibility index (Phi) is 5.69. The molecule has 1 amide bonds. The fourth-order valence-electron chi connectivity index (χ4n) is 2.16. The third-order valence-corrected chi connectivity index (χ3v) is 3.86. The Bertz CT molecular complexity index is 439. The van der Waals surface area contributed by atoms with Crippen molar-refractivity contribution in [2.75, 3.05) is 38.2 Å². The largest absolute Gasteiger partial charge is 0.378 e. The number of ether oxygens (including phenoxy) is 1. The lowest BCUT2D eigenvalue weighted by atomic mass is 10.2. The lowest BCUT2D eigenvalue weighted by molar-refractivity contribution is -0.132. The van der Waals surface area contributed by atoms with Crippen molar-refractivity contribution in [3.63, 3.8) is 0 Å². The number of likely N-dealkylation sites (N-methyl/N-ethyl adjacent to an activating group) is 1. The second-order valence-electron chi connectivity index (χ2n) is 4.53. The SMILES string of the molecule is CCNC(=O)C1COCCN1Cc1nnsc1NCC. The van der Waals surface area contributed by atoms with Gasteiger partial charge in [0, 0.05) is 37.7 Å². The monoisotopic (exact) mass is 299 g/mol. The predicted molar refractivity (Wildman–Crippen MR) is 77.8 cm³/mol. The highest BCUT2D eigenvalue weighted by Gasteiger charge is 2.30. The minimum Gasteiger partial charge on any atom is -0.378 e. The maximum absolute atomic E-state index is 12.1. The molecule has 1 unspecified atom stereocenters. The topological polar surface area (TPSA) is 79.4 Å². The summed E-state index contributed by atoms with van der Waals surface area (Å²) in [5.74, 6) is 0.0142. The first-order chi connectivity index (χ1) is 9.76. The molecule has 0 aliphatic carbocycles. The highest BCUT2D eigenvalue weighted by atomic mass is 32.1. The van der Waals surface area contributed by atoms with Crippen molar-refractivity contribution in [3.8, 4) is 0 Å². The van der Waals surface area contributed by atoms with Gasteiger partial charge < -0.3 is 15.4 Å². The molecule has 2 rings (SSSR count). The predicted octanol–water partition coefficient (Wildman–Crippen LogP) is 0.307. The normalized spacial score (nSPS) is 19.8. The van der Waals surface area contributed by atoms with Gasteiger partial charge in [0.25, 0.3) is 0 Å². The Balaban J connectivity index is 2.04. The summed E-state index contributed by atoms with van der Waals surface area (Å²) in [7, 11) is 0. The summed E-state index contributed by atoms with van der Waals surface area (Å²) in [6.07, 6.45) is 0. The summed E-state index contributed by atoms with van der Waals surface area (Å²) in [6, 6.07) is -0.250. The number of rotatable bonds is 6. The van der Waals surface area contributed by atoms with E-state index in [-0.39, 0.29) is 11.9 Å². The van der Waals surface area contributed by atoms with Crippen LogP contribution in [0.25, 0.3) is 0 Å². The van der Waals surface area contributed by atoms with Crippen LogP contribution in [0.4, 0.5) is 5.00 Å². The average molecular weight is 299 g/mol. The van der Waals surface area contributed by atoms with Gasteiger partial charge in [0.15, 0.2) is 0 Å². The second-order valence-corrected chi connectivity index (χ2v) is 5.29.